The maximum absolute atomic E-state index is 12.3. The quantitative estimate of drug-likeness (QED) is 0.712. The average Bonchev–Trinajstić information content (AvgIpc) is 2.45. The van der Waals surface area contributed by atoms with Crippen molar-refractivity contribution in [3.8, 4) is 5.75 Å². The Morgan fingerprint density at radius 3 is 2.36 bits per heavy atom. The summed E-state index contributed by atoms with van der Waals surface area (Å²) < 4.78 is 35.3. The van der Waals surface area contributed by atoms with Crippen molar-refractivity contribution in [2.24, 2.45) is 0 Å². The third-order valence-electron chi connectivity index (χ3n) is 3.08. The van der Waals surface area contributed by atoms with Crippen LogP contribution in [0.3, 0.4) is 0 Å². The van der Waals surface area contributed by atoms with E-state index in [9.17, 15) is 8.42 Å². The fraction of sp³-hybridized carbons (Fsp3) is 0.250. The first-order chi connectivity index (χ1) is 10.4. The summed E-state index contributed by atoms with van der Waals surface area (Å²) in [5, 5.41) is 0. The predicted octanol–water partition coefficient (Wildman–Crippen LogP) is 3.71. The van der Waals surface area contributed by atoms with E-state index < -0.39 is 10.1 Å². The molecule has 0 saturated carbocycles. The minimum Gasteiger partial charge on any atom is -0.384 e. The van der Waals surface area contributed by atoms with Crippen LogP contribution in [0.1, 0.15) is 11.1 Å². The van der Waals surface area contributed by atoms with Crippen LogP contribution in [0.15, 0.2) is 51.8 Å². The van der Waals surface area contributed by atoms with E-state index in [0.29, 0.717) is 11.1 Å². The largest absolute Gasteiger partial charge is 0.384 e. The van der Waals surface area contributed by atoms with Crippen molar-refractivity contribution in [1.82, 2.24) is 0 Å². The molecule has 6 heteroatoms. The van der Waals surface area contributed by atoms with Crippen molar-refractivity contribution in [2.45, 2.75) is 18.2 Å². The Morgan fingerprint density at radius 2 is 1.77 bits per heavy atom. The summed E-state index contributed by atoms with van der Waals surface area (Å²) in [4.78, 5) is 0.113. The van der Waals surface area contributed by atoms with E-state index in [2.05, 4.69) is 15.9 Å². The predicted molar refractivity (Wildman–Crippen MR) is 88.7 cm³/mol. The van der Waals surface area contributed by atoms with Crippen molar-refractivity contribution in [2.75, 3.05) is 13.7 Å². The van der Waals surface area contributed by atoms with Crippen molar-refractivity contribution < 1.29 is 17.3 Å². The standard InChI is InChI=1S/C16H17BrO4S/c1-12-3-8-16(15(17)11-12)22(18,19)21-14-6-4-13(5-7-14)9-10-20-2/h3-8,11H,9-10H2,1-2H3. The van der Waals surface area contributed by atoms with Crippen LogP contribution in [0, 0.1) is 6.92 Å². The second-order valence-electron chi connectivity index (χ2n) is 4.86. The molecule has 0 fully saturated rings. The molecule has 118 valence electrons. The highest BCUT2D eigenvalue weighted by Gasteiger charge is 2.20. The number of ether oxygens (including phenoxy) is 1. The van der Waals surface area contributed by atoms with E-state index in [4.69, 9.17) is 8.92 Å². The highest BCUT2D eigenvalue weighted by Crippen LogP contribution is 2.26. The first-order valence-electron chi connectivity index (χ1n) is 6.71. The van der Waals surface area contributed by atoms with E-state index >= 15 is 0 Å². The second-order valence-corrected chi connectivity index (χ2v) is 7.23. The molecule has 2 aromatic carbocycles. The topological polar surface area (TPSA) is 52.6 Å². The fourth-order valence-corrected chi connectivity index (χ4v) is 3.99. The monoisotopic (exact) mass is 384 g/mol. The Kier molecular flexibility index (Phi) is 5.61. The first kappa shape index (κ1) is 17.0. The maximum Gasteiger partial charge on any atom is 0.340 e. The molecule has 0 heterocycles. The van der Waals surface area contributed by atoms with E-state index in [1.54, 1.807) is 31.4 Å². The number of benzene rings is 2. The molecule has 0 spiro atoms. The average molecular weight is 385 g/mol. The van der Waals surface area contributed by atoms with Crippen LogP contribution in [0.5, 0.6) is 5.75 Å². The second kappa shape index (κ2) is 7.26. The van der Waals surface area contributed by atoms with Crippen molar-refractivity contribution in [3.63, 3.8) is 0 Å². The maximum atomic E-state index is 12.3. The summed E-state index contributed by atoms with van der Waals surface area (Å²) in [7, 11) is -2.22. The van der Waals surface area contributed by atoms with Crippen molar-refractivity contribution >= 4 is 26.0 Å². The van der Waals surface area contributed by atoms with Crippen molar-refractivity contribution in [3.05, 3.63) is 58.1 Å². The zero-order valence-electron chi connectivity index (χ0n) is 12.4. The van der Waals surface area contributed by atoms with Crippen LogP contribution in [-0.4, -0.2) is 22.1 Å². The number of hydrogen-bond donors (Lipinski definition) is 0. The summed E-state index contributed by atoms with van der Waals surface area (Å²) in [5.74, 6) is 0.286. The Bertz CT molecular complexity index is 739. The number of methoxy groups -OCH3 is 1. The van der Waals surface area contributed by atoms with Gasteiger partial charge in [0.2, 0.25) is 0 Å². The van der Waals surface area contributed by atoms with Crippen LogP contribution in [-0.2, 0) is 21.3 Å². The van der Waals surface area contributed by atoms with E-state index in [1.807, 2.05) is 19.1 Å². The number of hydrogen-bond acceptors (Lipinski definition) is 4. The summed E-state index contributed by atoms with van der Waals surface area (Å²) >= 11 is 3.26. The van der Waals surface area contributed by atoms with Gasteiger partial charge in [0.25, 0.3) is 0 Å². The molecular formula is C16H17BrO4S. The van der Waals surface area contributed by atoms with Gasteiger partial charge < -0.3 is 8.92 Å². The molecule has 0 aliphatic heterocycles. The molecule has 0 aliphatic carbocycles. The van der Waals surface area contributed by atoms with Gasteiger partial charge in [0.05, 0.1) is 6.61 Å². The zero-order chi connectivity index (χ0) is 16.2. The Hall–Kier alpha value is -1.37. The van der Waals surface area contributed by atoms with E-state index in [-0.39, 0.29) is 10.6 Å². The van der Waals surface area contributed by atoms with Gasteiger partial charge in [-0.2, -0.15) is 8.42 Å². The molecule has 0 amide bonds. The third-order valence-corrected chi connectivity index (χ3v) is 5.31. The van der Waals surface area contributed by atoms with Gasteiger partial charge in [-0.3, -0.25) is 0 Å². The lowest BCUT2D eigenvalue weighted by molar-refractivity contribution is 0.202. The number of rotatable bonds is 6. The molecule has 4 nitrogen and oxygen atoms in total. The summed E-state index contributed by atoms with van der Waals surface area (Å²) in [6, 6.07) is 11.9. The molecule has 0 atom stereocenters. The molecule has 0 bridgehead atoms. The van der Waals surface area contributed by atoms with Gasteiger partial charge in [-0.15, -0.1) is 0 Å². The zero-order valence-corrected chi connectivity index (χ0v) is 14.8. The molecule has 22 heavy (non-hydrogen) atoms. The van der Waals surface area contributed by atoms with Crippen LogP contribution < -0.4 is 4.18 Å². The first-order valence-corrected chi connectivity index (χ1v) is 8.91. The lowest BCUT2D eigenvalue weighted by Gasteiger charge is -2.09. The van der Waals surface area contributed by atoms with Gasteiger partial charge in [-0.1, -0.05) is 18.2 Å². The minimum atomic E-state index is -3.86. The van der Waals surface area contributed by atoms with E-state index in [1.165, 1.54) is 6.07 Å². The summed E-state index contributed by atoms with van der Waals surface area (Å²) in [5.41, 5.74) is 2.02. The van der Waals surface area contributed by atoms with Crippen LogP contribution in [0.4, 0.5) is 0 Å². The highest BCUT2D eigenvalue weighted by molar-refractivity contribution is 9.10. The molecule has 2 aromatic rings. The van der Waals surface area contributed by atoms with Gasteiger partial charge in [0.1, 0.15) is 10.6 Å². The molecule has 0 saturated heterocycles. The minimum absolute atomic E-state index is 0.113. The molecule has 2 rings (SSSR count). The Balaban J connectivity index is 2.18. The summed E-state index contributed by atoms with van der Waals surface area (Å²) in [6.07, 6.45) is 0.771. The molecule has 0 unspecified atom stereocenters. The SMILES string of the molecule is COCCc1ccc(OS(=O)(=O)c2ccc(C)cc2Br)cc1. The van der Waals surface area contributed by atoms with Gasteiger partial charge in [-0.25, -0.2) is 0 Å². The van der Waals surface area contributed by atoms with Crippen molar-refractivity contribution in [1.29, 1.82) is 0 Å². The van der Waals surface area contributed by atoms with Crippen LogP contribution in [0.25, 0.3) is 0 Å². The van der Waals surface area contributed by atoms with E-state index in [0.717, 1.165) is 17.5 Å². The fourth-order valence-electron chi connectivity index (χ4n) is 1.91. The summed E-state index contributed by atoms with van der Waals surface area (Å²) in [6.45, 7) is 2.51. The van der Waals surface area contributed by atoms with Crippen LogP contribution in [0.2, 0.25) is 0 Å². The van der Waals surface area contributed by atoms with Gasteiger partial charge in [0.15, 0.2) is 0 Å². The number of halogens is 1. The van der Waals surface area contributed by atoms with Gasteiger partial charge in [-0.05, 0) is 64.7 Å². The normalized spacial score (nSPS) is 11.4. The molecular weight excluding hydrogens is 368 g/mol. The van der Waals surface area contributed by atoms with Gasteiger partial charge in [0, 0.05) is 11.6 Å². The highest BCUT2D eigenvalue weighted by atomic mass is 79.9. The molecule has 0 N–H and O–H groups in total. The lowest BCUT2D eigenvalue weighted by Crippen LogP contribution is -2.10. The van der Waals surface area contributed by atoms with Crippen LogP contribution >= 0.6 is 15.9 Å². The number of aryl methyl sites for hydroxylation is 1. The smallest absolute Gasteiger partial charge is 0.340 e. The lowest BCUT2D eigenvalue weighted by atomic mass is 10.1. The molecule has 0 aliphatic rings. The third kappa shape index (κ3) is 4.32. The molecule has 0 aromatic heterocycles. The molecule has 0 radical (unpaired) electrons. The Labute approximate surface area is 139 Å². The Morgan fingerprint density at radius 1 is 1.09 bits per heavy atom. The van der Waals surface area contributed by atoms with Gasteiger partial charge >= 0.3 is 10.1 Å².